The number of hydrogen-bond acceptors (Lipinski definition) is 7. The first-order valence-corrected chi connectivity index (χ1v) is 8.79. The first-order valence-electron chi connectivity index (χ1n) is 8.79. The number of aryl methyl sites for hydroxylation is 1. The molecule has 0 radical (unpaired) electrons. The molecule has 1 atom stereocenters. The van der Waals surface area contributed by atoms with Gasteiger partial charge in [-0.3, -0.25) is 4.90 Å². The van der Waals surface area contributed by atoms with E-state index in [4.69, 9.17) is 4.52 Å². The minimum atomic E-state index is 0.402. The summed E-state index contributed by atoms with van der Waals surface area (Å²) in [6.45, 7) is 4.77. The van der Waals surface area contributed by atoms with Gasteiger partial charge < -0.3 is 14.4 Å². The van der Waals surface area contributed by atoms with Gasteiger partial charge in [0, 0.05) is 32.3 Å². The van der Waals surface area contributed by atoms with Gasteiger partial charge in [-0.2, -0.15) is 4.98 Å². The number of anilines is 1. The smallest absolute Gasteiger partial charge is 0.226 e. The summed E-state index contributed by atoms with van der Waals surface area (Å²) in [7, 11) is 2.12. The molecule has 8 nitrogen and oxygen atoms in total. The van der Waals surface area contributed by atoms with Crippen molar-refractivity contribution in [1.82, 2.24) is 30.0 Å². The lowest BCUT2D eigenvalue weighted by molar-refractivity contribution is 0.192. The molecule has 132 valence electrons. The zero-order valence-electron chi connectivity index (χ0n) is 14.6. The molecule has 3 aromatic heterocycles. The van der Waals surface area contributed by atoms with Gasteiger partial charge in [0.15, 0.2) is 5.82 Å². The average Bonchev–Trinajstić information content (AvgIpc) is 3.30. The molecule has 1 saturated heterocycles. The van der Waals surface area contributed by atoms with Crippen LogP contribution in [0.25, 0.3) is 11.0 Å². The van der Waals surface area contributed by atoms with Crippen molar-refractivity contribution in [3.63, 3.8) is 0 Å². The number of fused-ring (bicyclic) bond motifs is 1. The van der Waals surface area contributed by atoms with Crippen LogP contribution in [-0.2, 0) is 13.0 Å². The largest absolute Gasteiger partial charge is 0.355 e. The topological polar surface area (TPSA) is 87.0 Å². The summed E-state index contributed by atoms with van der Waals surface area (Å²) < 4.78 is 5.22. The van der Waals surface area contributed by atoms with Crippen LogP contribution in [0, 0.1) is 0 Å². The molecule has 4 rings (SSSR count). The fourth-order valence-electron chi connectivity index (χ4n) is 3.50. The quantitative estimate of drug-likeness (QED) is 0.759. The third-order valence-electron chi connectivity index (χ3n) is 4.87. The summed E-state index contributed by atoms with van der Waals surface area (Å²) in [5.41, 5.74) is 0.878. The van der Waals surface area contributed by atoms with E-state index in [9.17, 15) is 0 Å². The first-order chi connectivity index (χ1) is 12.2. The van der Waals surface area contributed by atoms with Gasteiger partial charge in [0.05, 0.1) is 11.9 Å². The van der Waals surface area contributed by atoms with E-state index in [-0.39, 0.29) is 0 Å². The van der Waals surface area contributed by atoms with Gasteiger partial charge in [-0.25, -0.2) is 9.97 Å². The second-order valence-electron chi connectivity index (χ2n) is 6.54. The Balaban J connectivity index is 1.47. The fourth-order valence-corrected chi connectivity index (χ4v) is 3.50. The Morgan fingerprint density at radius 2 is 2.32 bits per heavy atom. The highest BCUT2D eigenvalue weighted by Gasteiger charge is 2.26. The molecule has 25 heavy (non-hydrogen) atoms. The lowest BCUT2D eigenvalue weighted by atomic mass is 10.0. The van der Waals surface area contributed by atoms with E-state index in [1.807, 2.05) is 19.2 Å². The third kappa shape index (κ3) is 3.21. The van der Waals surface area contributed by atoms with Crippen LogP contribution >= 0.6 is 0 Å². The Hall–Kier alpha value is -2.48. The van der Waals surface area contributed by atoms with Crippen LogP contribution in [-0.4, -0.2) is 56.2 Å². The van der Waals surface area contributed by atoms with E-state index in [0.717, 1.165) is 61.6 Å². The average molecular weight is 341 g/mol. The van der Waals surface area contributed by atoms with Crippen LogP contribution in [0.3, 0.4) is 0 Å². The SMILES string of the molecule is CCc1nc(CN2CCC[C@H](N(C)c3ncnc4[nH]ccc34)C2)no1. The monoisotopic (exact) mass is 341 g/mol. The molecule has 0 bridgehead atoms. The molecule has 1 fully saturated rings. The highest BCUT2D eigenvalue weighted by Crippen LogP contribution is 2.26. The molecule has 0 aliphatic carbocycles. The predicted octanol–water partition coefficient (Wildman–Crippen LogP) is 2.00. The van der Waals surface area contributed by atoms with Gasteiger partial charge in [-0.1, -0.05) is 12.1 Å². The molecule has 4 heterocycles. The van der Waals surface area contributed by atoms with Crippen LogP contribution in [0.15, 0.2) is 23.1 Å². The third-order valence-corrected chi connectivity index (χ3v) is 4.87. The van der Waals surface area contributed by atoms with Crippen molar-refractivity contribution < 1.29 is 4.52 Å². The lowest BCUT2D eigenvalue weighted by Crippen LogP contribution is -2.46. The second kappa shape index (κ2) is 6.79. The van der Waals surface area contributed by atoms with Gasteiger partial charge in [0.1, 0.15) is 17.8 Å². The number of nitrogens with zero attached hydrogens (tertiary/aromatic N) is 6. The van der Waals surface area contributed by atoms with Crippen molar-refractivity contribution in [1.29, 1.82) is 0 Å². The second-order valence-corrected chi connectivity index (χ2v) is 6.54. The molecule has 0 unspecified atom stereocenters. The number of aromatic amines is 1. The van der Waals surface area contributed by atoms with E-state index in [2.05, 4.69) is 41.9 Å². The van der Waals surface area contributed by atoms with E-state index in [1.165, 1.54) is 0 Å². The number of hydrogen-bond donors (Lipinski definition) is 1. The van der Waals surface area contributed by atoms with Crippen LogP contribution < -0.4 is 4.90 Å². The molecule has 1 N–H and O–H groups in total. The standard InChI is InChI=1S/C17H23N7O/c1-3-15-21-14(22-25-15)10-24-8-4-5-12(9-24)23(2)17-13-6-7-18-16(13)19-11-20-17/h6-7,11-12H,3-5,8-10H2,1-2H3,(H,18,19,20)/t12-/m0/s1. The summed E-state index contributed by atoms with van der Waals surface area (Å²) in [5, 5.41) is 5.14. The molecule has 1 aliphatic rings. The van der Waals surface area contributed by atoms with Gasteiger partial charge in [0.2, 0.25) is 5.89 Å². The highest BCUT2D eigenvalue weighted by molar-refractivity contribution is 5.87. The Bertz CT molecular complexity index is 842. The van der Waals surface area contributed by atoms with Gasteiger partial charge in [0.25, 0.3) is 0 Å². The molecule has 0 aromatic carbocycles. The van der Waals surface area contributed by atoms with E-state index < -0.39 is 0 Å². The number of piperidine rings is 1. The number of likely N-dealkylation sites (tertiary alicyclic amines) is 1. The number of nitrogens with one attached hydrogen (secondary N) is 1. The Morgan fingerprint density at radius 1 is 1.40 bits per heavy atom. The van der Waals surface area contributed by atoms with Crippen molar-refractivity contribution in [2.45, 2.75) is 38.8 Å². The Kier molecular flexibility index (Phi) is 4.35. The van der Waals surface area contributed by atoms with Gasteiger partial charge in [-0.15, -0.1) is 0 Å². The molecular formula is C17H23N7O. The summed E-state index contributed by atoms with van der Waals surface area (Å²) in [5.74, 6) is 2.46. The van der Waals surface area contributed by atoms with Gasteiger partial charge in [-0.05, 0) is 25.5 Å². The van der Waals surface area contributed by atoms with Crippen LogP contribution in [0.1, 0.15) is 31.5 Å². The van der Waals surface area contributed by atoms with Crippen molar-refractivity contribution in [3.05, 3.63) is 30.3 Å². The number of aromatic nitrogens is 5. The van der Waals surface area contributed by atoms with E-state index >= 15 is 0 Å². The molecule has 8 heteroatoms. The molecule has 0 spiro atoms. The van der Waals surface area contributed by atoms with Crippen molar-refractivity contribution in [2.75, 3.05) is 25.0 Å². The zero-order chi connectivity index (χ0) is 17.2. The fraction of sp³-hybridized carbons (Fsp3) is 0.529. The Labute approximate surface area is 146 Å². The minimum absolute atomic E-state index is 0.402. The maximum Gasteiger partial charge on any atom is 0.226 e. The first kappa shape index (κ1) is 16.0. The molecular weight excluding hydrogens is 318 g/mol. The van der Waals surface area contributed by atoms with Crippen molar-refractivity contribution >= 4 is 16.9 Å². The molecule has 3 aromatic rings. The zero-order valence-corrected chi connectivity index (χ0v) is 14.6. The normalized spacial score (nSPS) is 18.7. The number of H-pyrrole nitrogens is 1. The highest BCUT2D eigenvalue weighted by atomic mass is 16.5. The number of rotatable bonds is 5. The van der Waals surface area contributed by atoms with Crippen molar-refractivity contribution in [2.24, 2.45) is 0 Å². The summed E-state index contributed by atoms with van der Waals surface area (Å²) in [6.07, 6.45) is 6.60. The maximum absolute atomic E-state index is 5.22. The van der Waals surface area contributed by atoms with Crippen LogP contribution in [0.2, 0.25) is 0 Å². The molecule has 0 saturated carbocycles. The summed E-state index contributed by atoms with van der Waals surface area (Å²) in [4.78, 5) is 21.0. The van der Waals surface area contributed by atoms with Crippen LogP contribution in [0.4, 0.5) is 5.82 Å². The predicted molar refractivity (Wildman–Crippen MR) is 94.3 cm³/mol. The summed E-state index contributed by atoms with van der Waals surface area (Å²) >= 11 is 0. The molecule has 0 amide bonds. The molecule has 1 aliphatic heterocycles. The Morgan fingerprint density at radius 3 is 3.16 bits per heavy atom. The number of likely N-dealkylation sites (N-methyl/N-ethyl adjacent to an activating group) is 1. The lowest BCUT2D eigenvalue weighted by Gasteiger charge is -2.37. The van der Waals surface area contributed by atoms with E-state index in [0.29, 0.717) is 11.9 Å². The van der Waals surface area contributed by atoms with E-state index in [1.54, 1.807) is 6.33 Å². The summed E-state index contributed by atoms with van der Waals surface area (Å²) in [6, 6.07) is 2.44. The maximum atomic E-state index is 5.22. The minimum Gasteiger partial charge on any atom is -0.355 e. The van der Waals surface area contributed by atoms with Gasteiger partial charge >= 0.3 is 0 Å². The van der Waals surface area contributed by atoms with Crippen LogP contribution in [0.5, 0.6) is 0 Å². The van der Waals surface area contributed by atoms with Crippen molar-refractivity contribution in [3.8, 4) is 0 Å².